The van der Waals surface area contributed by atoms with Crippen LogP contribution >= 0.6 is 0 Å². The van der Waals surface area contributed by atoms with Crippen molar-refractivity contribution in [3.05, 3.63) is 71.4 Å². The quantitative estimate of drug-likeness (QED) is 0.681. The summed E-state index contributed by atoms with van der Waals surface area (Å²) >= 11 is 0. The van der Waals surface area contributed by atoms with Gasteiger partial charge in [-0.2, -0.15) is 0 Å². The first-order valence-electron chi connectivity index (χ1n) is 8.99. The fourth-order valence-corrected chi connectivity index (χ4v) is 3.35. The molecule has 5 heteroatoms. The predicted octanol–water partition coefficient (Wildman–Crippen LogP) is 3.48. The lowest BCUT2D eigenvalue weighted by molar-refractivity contribution is -0.122. The Morgan fingerprint density at radius 1 is 1.11 bits per heavy atom. The minimum atomic E-state index is -0.404. The Bertz CT molecular complexity index is 975. The molecule has 3 aromatic rings. The van der Waals surface area contributed by atoms with Crippen LogP contribution in [0.1, 0.15) is 28.4 Å². The molecule has 0 radical (unpaired) electrons. The zero-order valence-corrected chi connectivity index (χ0v) is 15.9. The second kappa shape index (κ2) is 8.08. The maximum Gasteiger partial charge on any atom is 0.340 e. The summed E-state index contributed by atoms with van der Waals surface area (Å²) in [5, 5.41) is 3.83. The molecule has 1 heterocycles. The van der Waals surface area contributed by atoms with E-state index in [9.17, 15) is 9.59 Å². The summed E-state index contributed by atoms with van der Waals surface area (Å²) in [6.45, 7) is 4.22. The zero-order valence-electron chi connectivity index (χ0n) is 15.9. The average molecular weight is 364 g/mol. The van der Waals surface area contributed by atoms with Crippen molar-refractivity contribution in [1.82, 2.24) is 9.88 Å². The molecule has 1 atom stereocenters. The van der Waals surface area contributed by atoms with Crippen molar-refractivity contribution in [3.63, 3.8) is 0 Å². The summed E-state index contributed by atoms with van der Waals surface area (Å²) in [6, 6.07) is 15.7. The molecular weight excluding hydrogens is 340 g/mol. The van der Waals surface area contributed by atoms with E-state index in [0.29, 0.717) is 5.56 Å². The summed E-state index contributed by atoms with van der Waals surface area (Å²) in [5.74, 6) is -0.494. The maximum atomic E-state index is 12.5. The van der Waals surface area contributed by atoms with Gasteiger partial charge >= 0.3 is 5.97 Å². The van der Waals surface area contributed by atoms with E-state index >= 15 is 0 Å². The first-order valence-corrected chi connectivity index (χ1v) is 8.99. The zero-order chi connectivity index (χ0) is 19.4. The lowest BCUT2D eigenvalue weighted by Gasteiger charge is -2.16. The highest BCUT2D eigenvalue weighted by Crippen LogP contribution is 2.22. The number of para-hydroxylation sites is 1. The molecule has 5 nitrogen and oxygen atoms in total. The van der Waals surface area contributed by atoms with Gasteiger partial charge in [-0.15, -0.1) is 0 Å². The van der Waals surface area contributed by atoms with E-state index in [4.69, 9.17) is 4.74 Å². The van der Waals surface area contributed by atoms with Crippen LogP contribution in [0.3, 0.4) is 0 Å². The third-order valence-electron chi connectivity index (χ3n) is 4.70. The molecule has 1 amide bonds. The lowest BCUT2D eigenvalue weighted by atomic mass is 10.0. The first-order chi connectivity index (χ1) is 13.0. The Labute approximate surface area is 158 Å². The van der Waals surface area contributed by atoms with Gasteiger partial charge in [0.1, 0.15) is 6.54 Å². The van der Waals surface area contributed by atoms with Crippen LogP contribution in [-0.4, -0.2) is 29.6 Å². The van der Waals surface area contributed by atoms with Crippen LogP contribution in [0.15, 0.2) is 54.7 Å². The fraction of sp³-hybridized carbons (Fsp3) is 0.273. The van der Waals surface area contributed by atoms with Gasteiger partial charge in [-0.05, 0) is 37.5 Å². The normalized spacial score (nSPS) is 12.0. The third-order valence-corrected chi connectivity index (χ3v) is 4.70. The van der Waals surface area contributed by atoms with Crippen molar-refractivity contribution in [2.45, 2.75) is 32.9 Å². The Morgan fingerprint density at radius 2 is 1.81 bits per heavy atom. The molecule has 0 aliphatic carbocycles. The van der Waals surface area contributed by atoms with Gasteiger partial charge in [0.15, 0.2) is 0 Å². The topological polar surface area (TPSA) is 60.3 Å². The summed E-state index contributed by atoms with van der Waals surface area (Å²) in [5.41, 5.74) is 3.75. The minimum absolute atomic E-state index is 0.0144. The van der Waals surface area contributed by atoms with Gasteiger partial charge < -0.3 is 14.6 Å². The molecule has 0 saturated heterocycles. The SMILES string of the molecule is COC(=O)c1cn(CC(=O)N[C@@H](C)Cc2ccccc2C)c2ccccc12. The van der Waals surface area contributed by atoms with Crippen LogP contribution in [-0.2, 0) is 22.5 Å². The van der Waals surface area contributed by atoms with E-state index in [-0.39, 0.29) is 18.5 Å². The highest BCUT2D eigenvalue weighted by atomic mass is 16.5. The molecule has 0 aliphatic heterocycles. The summed E-state index contributed by atoms with van der Waals surface area (Å²) in [4.78, 5) is 24.5. The van der Waals surface area contributed by atoms with Crippen molar-refractivity contribution in [3.8, 4) is 0 Å². The van der Waals surface area contributed by atoms with Crippen LogP contribution < -0.4 is 5.32 Å². The number of carbonyl (C=O) groups excluding carboxylic acids is 2. The molecule has 0 unspecified atom stereocenters. The summed E-state index contributed by atoms with van der Waals surface area (Å²) in [7, 11) is 1.36. The minimum Gasteiger partial charge on any atom is -0.465 e. The molecule has 1 aromatic heterocycles. The number of carbonyl (C=O) groups is 2. The second-order valence-electron chi connectivity index (χ2n) is 6.78. The third kappa shape index (κ3) is 4.19. The van der Waals surface area contributed by atoms with E-state index in [0.717, 1.165) is 17.3 Å². The van der Waals surface area contributed by atoms with E-state index in [2.05, 4.69) is 24.4 Å². The van der Waals surface area contributed by atoms with Crippen LogP contribution in [0.2, 0.25) is 0 Å². The molecule has 0 bridgehead atoms. The molecule has 2 aromatic carbocycles. The van der Waals surface area contributed by atoms with Crippen molar-refractivity contribution in [2.75, 3.05) is 7.11 Å². The molecule has 0 fully saturated rings. The molecule has 0 saturated carbocycles. The summed E-state index contributed by atoms with van der Waals surface area (Å²) < 4.78 is 6.64. The highest BCUT2D eigenvalue weighted by Gasteiger charge is 2.17. The molecule has 0 aliphatic rings. The second-order valence-corrected chi connectivity index (χ2v) is 6.78. The average Bonchev–Trinajstić information content (AvgIpc) is 3.01. The standard InChI is InChI=1S/C22H24N2O3/c1-15-8-4-5-9-17(15)12-16(2)23-21(25)14-24-13-19(22(26)27-3)18-10-6-7-11-20(18)24/h4-11,13,16H,12,14H2,1-3H3,(H,23,25)/t16-/m0/s1. The van der Waals surface area contributed by atoms with Gasteiger partial charge in [0.05, 0.1) is 12.7 Å². The van der Waals surface area contributed by atoms with Crippen LogP contribution in [0.4, 0.5) is 0 Å². The number of hydrogen-bond donors (Lipinski definition) is 1. The van der Waals surface area contributed by atoms with Gasteiger partial charge in [-0.1, -0.05) is 42.5 Å². The number of methoxy groups -OCH3 is 1. The lowest BCUT2D eigenvalue weighted by Crippen LogP contribution is -2.36. The summed E-state index contributed by atoms with van der Waals surface area (Å²) in [6.07, 6.45) is 2.46. The predicted molar refractivity (Wildman–Crippen MR) is 106 cm³/mol. The van der Waals surface area contributed by atoms with Gasteiger partial charge in [0, 0.05) is 23.1 Å². The monoisotopic (exact) mass is 364 g/mol. The Balaban J connectivity index is 1.72. The number of hydrogen-bond acceptors (Lipinski definition) is 3. The van der Waals surface area contributed by atoms with Gasteiger partial charge in [0.2, 0.25) is 5.91 Å². The Morgan fingerprint density at radius 3 is 2.56 bits per heavy atom. The number of ether oxygens (including phenoxy) is 1. The molecule has 3 rings (SSSR count). The number of nitrogens with zero attached hydrogens (tertiary/aromatic N) is 1. The van der Waals surface area contributed by atoms with E-state index in [1.165, 1.54) is 18.2 Å². The van der Waals surface area contributed by atoms with E-state index in [1.54, 1.807) is 10.8 Å². The van der Waals surface area contributed by atoms with Crippen LogP contribution in [0.25, 0.3) is 10.9 Å². The highest BCUT2D eigenvalue weighted by molar-refractivity contribution is 6.04. The number of aromatic nitrogens is 1. The van der Waals surface area contributed by atoms with Crippen molar-refractivity contribution in [1.29, 1.82) is 0 Å². The largest absolute Gasteiger partial charge is 0.465 e. The number of benzene rings is 2. The van der Waals surface area contributed by atoms with Crippen molar-refractivity contribution < 1.29 is 14.3 Å². The number of nitrogens with one attached hydrogen (secondary N) is 1. The number of esters is 1. The number of rotatable bonds is 6. The first kappa shape index (κ1) is 18.7. The molecular formula is C22H24N2O3. The van der Waals surface area contributed by atoms with Gasteiger partial charge in [0.25, 0.3) is 0 Å². The van der Waals surface area contributed by atoms with Gasteiger partial charge in [-0.25, -0.2) is 4.79 Å². The van der Waals surface area contributed by atoms with E-state index in [1.807, 2.05) is 43.3 Å². The fourth-order valence-electron chi connectivity index (χ4n) is 3.35. The molecule has 27 heavy (non-hydrogen) atoms. The van der Waals surface area contributed by atoms with Crippen LogP contribution in [0.5, 0.6) is 0 Å². The van der Waals surface area contributed by atoms with Crippen LogP contribution in [0, 0.1) is 6.92 Å². The number of amides is 1. The Hall–Kier alpha value is -3.08. The van der Waals surface area contributed by atoms with Gasteiger partial charge in [-0.3, -0.25) is 4.79 Å². The molecule has 1 N–H and O–H groups in total. The molecule has 140 valence electrons. The number of fused-ring (bicyclic) bond motifs is 1. The molecule has 0 spiro atoms. The number of aryl methyl sites for hydroxylation is 1. The maximum absolute atomic E-state index is 12.5. The van der Waals surface area contributed by atoms with Crippen molar-refractivity contribution in [2.24, 2.45) is 0 Å². The Kier molecular flexibility index (Phi) is 5.60. The smallest absolute Gasteiger partial charge is 0.340 e. The van der Waals surface area contributed by atoms with Crippen molar-refractivity contribution >= 4 is 22.8 Å². The van der Waals surface area contributed by atoms with E-state index < -0.39 is 5.97 Å².